The van der Waals surface area contributed by atoms with Crippen LogP contribution in [-0.4, -0.2) is 11.7 Å². The molecule has 0 radical (unpaired) electrons. The fraction of sp³-hybridized carbons (Fsp3) is 0.143. The SMILES string of the molecule is CCOc1cc(-c2ccccc2)ccc1O. The molecule has 0 aliphatic rings. The van der Waals surface area contributed by atoms with Gasteiger partial charge in [-0.25, -0.2) is 0 Å². The maximum absolute atomic E-state index is 9.59. The van der Waals surface area contributed by atoms with Crippen LogP contribution in [0.2, 0.25) is 0 Å². The van der Waals surface area contributed by atoms with Crippen molar-refractivity contribution in [1.29, 1.82) is 0 Å². The van der Waals surface area contributed by atoms with Crippen LogP contribution in [-0.2, 0) is 0 Å². The third-order valence-corrected chi connectivity index (χ3v) is 2.37. The van der Waals surface area contributed by atoms with Crippen LogP contribution in [0.25, 0.3) is 11.1 Å². The Morgan fingerprint density at radius 1 is 1.00 bits per heavy atom. The first-order valence-electron chi connectivity index (χ1n) is 5.32. The van der Waals surface area contributed by atoms with E-state index >= 15 is 0 Å². The Balaban J connectivity index is 2.40. The summed E-state index contributed by atoms with van der Waals surface area (Å²) in [5.74, 6) is 0.713. The van der Waals surface area contributed by atoms with E-state index in [1.807, 2.05) is 49.4 Å². The minimum absolute atomic E-state index is 0.182. The van der Waals surface area contributed by atoms with Crippen molar-refractivity contribution in [2.24, 2.45) is 0 Å². The van der Waals surface area contributed by atoms with Crippen LogP contribution in [0.1, 0.15) is 6.92 Å². The molecule has 0 unspecified atom stereocenters. The van der Waals surface area contributed by atoms with Gasteiger partial charge < -0.3 is 9.84 Å². The molecule has 0 atom stereocenters. The zero-order chi connectivity index (χ0) is 11.4. The Morgan fingerprint density at radius 2 is 1.75 bits per heavy atom. The lowest BCUT2D eigenvalue weighted by Crippen LogP contribution is -1.92. The van der Waals surface area contributed by atoms with E-state index in [4.69, 9.17) is 4.74 Å². The summed E-state index contributed by atoms with van der Waals surface area (Å²) in [6.07, 6.45) is 0. The lowest BCUT2D eigenvalue weighted by Gasteiger charge is -2.08. The first-order valence-corrected chi connectivity index (χ1v) is 5.32. The number of rotatable bonds is 3. The lowest BCUT2D eigenvalue weighted by molar-refractivity contribution is 0.318. The Morgan fingerprint density at radius 3 is 2.44 bits per heavy atom. The Labute approximate surface area is 95.1 Å². The number of hydrogen-bond acceptors (Lipinski definition) is 2. The van der Waals surface area contributed by atoms with Crippen LogP contribution in [0.3, 0.4) is 0 Å². The van der Waals surface area contributed by atoms with Crippen LogP contribution < -0.4 is 4.74 Å². The van der Waals surface area contributed by atoms with Gasteiger partial charge in [0.25, 0.3) is 0 Å². The molecule has 2 heteroatoms. The van der Waals surface area contributed by atoms with Crippen molar-refractivity contribution in [2.75, 3.05) is 6.61 Å². The van der Waals surface area contributed by atoms with Crippen molar-refractivity contribution < 1.29 is 9.84 Å². The van der Waals surface area contributed by atoms with Crippen molar-refractivity contribution in [3.05, 3.63) is 48.5 Å². The summed E-state index contributed by atoms with van der Waals surface area (Å²) >= 11 is 0. The molecule has 0 heterocycles. The lowest BCUT2D eigenvalue weighted by atomic mass is 10.1. The Hall–Kier alpha value is -1.96. The number of hydrogen-bond donors (Lipinski definition) is 1. The second-order valence-corrected chi connectivity index (χ2v) is 3.48. The predicted octanol–water partition coefficient (Wildman–Crippen LogP) is 3.46. The van der Waals surface area contributed by atoms with Crippen molar-refractivity contribution in [1.82, 2.24) is 0 Å². The van der Waals surface area contributed by atoms with Crippen LogP contribution in [0.15, 0.2) is 48.5 Å². The first kappa shape index (κ1) is 10.6. The molecular weight excluding hydrogens is 200 g/mol. The Kier molecular flexibility index (Phi) is 3.10. The van der Waals surface area contributed by atoms with Gasteiger partial charge in [-0.3, -0.25) is 0 Å². The summed E-state index contributed by atoms with van der Waals surface area (Å²) in [4.78, 5) is 0. The second-order valence-electron chi connectivity index (χ2n) is 3.48. The van der Waals surface area contributed by atoms with Crippen LogP contribution in [0.4, 0.5) is 0 Å². The molecule has 0 spiro atoms. The van der Waals surface area contributed by atoms with E-state index in [2.05, 4.69) is 0 Å². The average molecular weight is 214 g/mol. The van der Waals surface area contributed by atoms with Gasteiger partial charge in [0.2, 0.25) is 0 Å². The quantitative estimate of drug-likeness (QED) is 0.847. The molecule has 0 amide bonds. The highest BCUT2D eigenvalue weighted by Gasteiger charge is 2.04. The monoisotopic (exact) mass is 214 g/mol. The van der Waals surface area contributed by atoms with Crippen LogP contribution in [0, 0.1) is 0 Å². The zero-order valence-corrected chi connectivity index (χ0v) is 9.18. The van der Waals surface area contributed by atoms with E-state index in [0.717, 1.165) is 11.1 Å². The summed E-state index contributed by atoms with van der Waals surface area (Å²) in [5.41, 5.74) is 2.16. The average Bonchev–Trinajstić information content (AvgIpc) is 2.33. The highest BCUT2D eigenvalue weighted by Crippen LogP contribution is 2.31. The Bertz CT molecular complexity index is 463. The molecule has 0 saturated heterocycles. The molecule has 0 fully saturated rings. The number of aromatic hydroxyl groups is 1. The summed E-state index contributed by atoms with van der Waals surface area (Å²) in [6.45, 7) is 2.44. The predicted molar refractivity (Wildman–Crippen MR) is 64.7 cm³/mol. The minimum atomic E-state index is 0.182. The summed E-state index contributed by atoms with van der Waals surface area (Å²) in [5, 5.41) is 9.59. The normalized spacial score (nSPS) is 10.1. The molecule has 1 N–H and O–H groups in total. The smallest absolute Gasteiger partial charge is 0.161 e. The van der Waals surface area contributed by atoms with E-state index in [0.29, 0.717) is 12.4 Å². The third-order valence-electron chi connectivity index (χ3n) is 2.37. The molecule has 0 aromatic heterocycles. The van der Waals surface area contributed by atoms with Crippen molar-refractivity contribution >= 4 is 0 Å². The van der Waals surface area contributed by atoms with Gasteiger partial charge in [-0.2, -0.15) is 0 Å². The molecule has 2 aromatic rings. The van der Waals surface area contributed by atoms with E-state index in [1.165, 1.54) is 0 Å². The maximum atomic E-state index is 9.59. The molecule has 0 aliphatic carbocycles. The number of ether oxygens (including phenoxy) is 1. The summed E-state index contributed by atoms with van der Waals surface area (Å²) in [6, 6.07) is 15.4. The fourth-order valence-corrected chi connectivity index (χ4v) is 1.60. The largest absolute Gasteiger partial charge is 0.504 e. The highest BCUT2D eigenvalue weighted by molar-refractivity contribution is 5.66. The van der Waals surface area contributed by atoms with Gasteiger partial charge in [-0.05, 0) is 30.2 Å². The maximum Gasteiger partial charge on any atom is 0.161 e. The molecule has 0 saturated carbocycles. The topological polar surface area (TPSA) is 29.5 Å². The summed E-state index contributed by atoms with van der Waals surface area (Å²) < 4.78 is 5.35. The third kappa shape index (κ3) is 2.16. The standard InChI is InChI=1S/C14H14O2/c1-2-16-14-10-12(8-9-13(14)15)11-6-4-3-5-7-11/h3-10,15H,2H2,1H3. The minimum Gasteiger partial charge on any atom is -0.504 e. The zero-order valence-electron chi connectivity index (χ0n) is 9.18. The van der Waals surface area contributed by atoms with Crippen molar-refractivity contribution in [3.8, 4) is 22.6 Å². The van der Waals surface area contributed by atoms with Gasteiger partial charge in [0.05, 0.1) is 6.61 Å². The molecule has 2 rings (SSSR count). The molecular formula is C14H14O2. The molecule has 82 valence electrons. The molecule has 16 heavy (non-hydrogen) atoms. The first-order chi connectivity index (χ1) is 7.81. The fourth-order valence-electron chi connectivity index (χ4n) is 1.60. The molecule has 0 aliphatic heterocycles. The van der Waals surface area contributed by atoms with E-state index in [9.17, 15) is 5.11 Å². The molecule has 2 nitrogen and oxygen atoms in total. The van der Waals surface area contributed by atoms with E-state index < -0.39 is 0 Å². The van der Waals surface area contributed by atoms with Crippen LogP contribution >= 0.6 is 0 Å². The van der Waals surface area contributed by atoms with Crippen molar-refractivity contribution in [3.63, 3.8) is 0 Å². The number of phenols is 1. The van der Waals surface area contributed by atoms with Gasteiger partial charge in [0, 0.05) is 0 Å². The van der Waals surface area contributed by atoms with E-state index in [1.54, 1.807) is 6.07 Å². The van der Waals surface area contributed by atoms with E-state index in [-0.39, 0.29) is 5.75 Å². The molecule has 2 aromatic carbocycles. The number of phenolic OH excluding ortho intramolecular Hbond substituents is 1. The van der Waals surface area contributed by atoms with Crippen molar-refractivity contribution in [2.45, 2.75) is 6.92 Å². The highest BCUT2D eigenvalue weighted by atomic mass is 16.5. The summed E-state index contributed by atoms with van der Waals surface area (Å²) in [7, 11) is 0. The van der Waals surface area contributed by atoms with Gasteiger partial charge in [-0.1, -0.05) is 36.4 Å². The van der Waals surface area contributed by atoms with Gasteiger partial charge in [0.1, 0.15) is 0 Å². The van der Waals surface area contributed by atoms with Gasteiger partial charge in [0.15, 0.2) is 11.5 Å². The second kappa shape index (κ2) is 4.71. The number of benzene rings is 2. The van der Waals surface area contributed by atoms with Crippen LogP contribution in [0.5, 0.6) is 11.5 Å². The molecule has 0 bridgehead atoms. The van der Waals surface area contributed by atoms with Gasteiger partial charge >= 0.3 is 0 Å². The van der Waals surface area contributed by atoms with Gasteiger partial charge in [-0.15, -0.1) is 0 Å².